The molecule has 0 saturated carbocycles. The smallest absolute Gasteiger partial charge is 0.0464 e. The highest BCUT2D eigenvalue weighted by molar-refractivity contribution is 7.25. The summed E-state index contributed by atoms with van der Waals surface area (Å²) in [6.07, 6.45) is 0. The summed E-state index contributed by atoms with van der Waals surface area (Å²) in [6.45, 7) is 4.32. The summed E-state index contributed by atoms with van der Waals surface area (Å²) in [4.78, 5) is 2.36. The summed E-state index contributed by atoms with van der Waals surface area (Å²) in [7, 11) is 0. The van der Waals surface area contributed by atoms with E-state index < -0.39 is 0 Å². The minimum atomic E-state index is 1.13. The third-order valence-corrected chi connectivity index (χ3v) is 11.6. The number of benzene rings is 9. The molecule has 0 radical (unpaired) electrons. The summed E-state index contributed by atoms with van der Waals surface area (Å²) < 4.78 is 2.66. The Bertz CT molecular complexity index is 2940. The van der Waals surface area contributed by atoms with Crippen LogP contribution in [0.4, 0.5) is 17.1 Å². The van der Waals surface area contributed by atoms with E-state index in [0.717, 1.165) is 17.1 Å². The summed E-state index contributed by atoms with van der Waals surface area (Å²) in [5.41, 5.74) is 10.9. The van der Waals surface area contributed by atoms with Crippen LogP contribution in [0, 0.1) is 13.8 Å². The number of aryl methyl sites for hydroxylation is 2. The van der Waals surface area contributed by atoms with E-state index in [1.807, 2.05) is 11.3 Å². The van der Waals surface area contributed by atoms with Gasteiger partial charge in [-0.25, -0.2) is 0 Å². The van der Waals surface area contributed by atoms with Crippen LogP contribution in [0.1, 0.15) is 11.1 Å². The zero-order valence-corrected chi connectivity index (χ0v) is 29.9. The van der Waals surface area contributed by atoms with Crippen LogP contribution < -0.4 is 4.90 Å². The van der Waals surface area contributed by atoms with E-state index in [-0.39, 0.29) is 0 Å². The van der Waals surface area contributed by atoms with Gasteiger partial charge in [-0.05, 0) is 146 Å². The third-order valence-electron chi connectivity index (χ3n) is 10.5. The molecule has 0 aliphatic carbocycles. The van der Waals surface area contributed by atoms with Crippen molar-refractivity contribution in [3.63, 3.8) is 0 Å². The first-order valence-corrected chi connectivity index (χ1v) is 18.7. The Kier molecular flexibility index (Phi) is 7.19. The summed E-state index contributed by atoms with van der Waals surface area (Å²) in [5.74, 6) is 0. The zero-order chi connectivity index (χ0) is 34.8. The lowest BCUT2D eigenvalue weighted by Crippen LogP contribution is -2.10. The highest BCUT2D eigenvalue weighted by atomic mass is 32.1. The molecule has 0 spiro atoms. The molecular formula is C50H35NS. The number of nitrogens with zero attached hydrogens (tertiary/aromatic N) is 1. The van der Waals surface area contributed by atoms with Crippen molar-refractivity contribution in [3.05, 3.63) is 187 Å². The number of thiophene rings is 1. The van der Waals surface area contributed by atoms with Gasteiger partial charge in [0.25, 0.3) is 0 Å². The van der Waals surface area contributed by atoms with Gasteiger partial charge in [-0.2, -0.15) is 0 Å². The molecule has 0 N–H and O–H groups in total. The number of anilines is 3. The fourth-order valence-electron chi connectivity index (χ4n) is 8.13. The molecule has 1 nitrogen and oxygen atoms in total. The van der Waals surface area contributed by atoms with Crippen molar-refractivity contribution in [2.45, 2.75) is 13.8 Å². The lowest BCUT2D eigenvalue weighted by Gasteiger charge is -2.26. The molecule has 52 heavy (non-hydrogen) atoms. The quantitative estimate of drug-likeness (QED) is 0.163. The molecule has 0 fully saturated rings. The highest BCUT2D eigenvalue weighted by Gasteiger charge is 2.20. The van der Waals surface area contributed by atoms with E-state index in [1.165, 1.54) is 85.9 Å². The van der Waals surface area contributed by atoms with E-state index in [1.54, 1.807) is 0 Å². The Labute approximate surface area is 307 Å². The molecule has 0 unspecified atom stereocenters. The molecular weight excluding hydrogens is 647 g/mol. The average molecular weight is 682 g/mol. The van der Waals surface area contributed by atoms with E-state index >= 15 is 0 Å². The summed E-state index contributed by atoms with van der Waals surface area (Å²) in [5, 5.41) is 10.2. The number of fused-ring (bicyclic) bond motifs is 6. The van der Waals surface area contributed by atoms with Crippen LogP contribution in [0.2, 0.25) is 0 Å². The lowest BCUT2D eigenvalue weighted by molar-refractivity contribution is 1.26. The first kappa shape index (κ1) is 30.6. The topological polar surface area (TPSA) is 3.24 Å². The molecule has 0 atom stereocenters. The van der Waals surface area contributed by atoms with Crippen molar-refractivity contribution in [1.82, 2.24) is 0 Å². The van der Waals surface area contributed by atoms with Gasteiger partial charge in [0.15, 0.2) is 0 Å². The number of hydrogen-bond acceptors (Lipinski definition) is 2. The maximum Gasteiger partial charge on any atom is 0.0464 e. The molecule has 9 aromatic carbocycles. The summed E-state index contributed by atoms with van der Waals surface area (Å²) >= 11 is 1.87. The van der Waals surface area contributed by atoms with Gasteiger partial charge in [0, 0.05) is 37.2 Å². The Balaban J connectivity index is 1.22. The van der Waals surface area contributed by atoms with E-state index in [4.69, 9.17) is 0 Å². The molecule has 0 bridgehead atoms. The maximum absolute atomic E-state index is 2.42. The summed E-state index contributed by atoms with van der Waals surface area (Å²) in [6, 6.07) is 65.1. The molecule has 1 aromatic heterocycles. The van der Waals surface area contributed by atoms with Crippen molar-refractivity contribution in [2.75, 3.05) is 4.90 Å². The Morgan fingerprint density at radius 2 is 0.865 bits per heavy atom. The molecule has 10 aromatic rings. The molecule has 0 aliphatic rings. The monoisotopic (exact) mass is 681 g/mol. The minimum absolute atomic E-state index is 1.13. The van der Waals surface area contributed by atoms with Gasteiger partial charge in [-0.15, -0.1) is 11.3 Å². The van der Waals surface area contributed by atoms with Crippen LogP contribution in [0.5, 0.6) is 0 Å². The van der Waals surface area contributed by atoms with Crippen molar-refractivity contribution in [1.29, 1.82) is 0 Å². The number of hydrogen-bond donors (Lipinski definition) is 0. The Hall–Kier alpha value is -6.22. The molecule has 0 aliphatic heterocycles. The molecule has 246 valence electrons. The third kappa shape index (κ3) is 5.06. The Morgan fingerprint density at radius 1 is 0.346 bits per heavy atom. The Morgan fingerprint density at radius 3 is 1.48 bits per heavy atom. The van der Waals surface area contributed by atoms with Gasteiger partial charge in [0.2, 0.25) is 0 Å². The van der Waals surface area contributed by atoms with Crippen LogP contribution >= 0.6 is 11.3 Å². The molecule has 2 heteroatoms. The normalized spacial score (nSPS) is 11.7. The SMILES string of the molecule is Cc1cccc(N(c2ccc(-c3c4ccccc4c(-c4ccc5sc6ccccc6c5c4)c4cc5ccccc5cc34)cc2)c2cccc(C)c2)c1. The predicted octanol–water partition coefficient (Wildman–Crippen LogP) is 14.9. The van der Waals surface area contributed by atoms with Crippen LogP contribution in [0.25, 0.3) is 74.7 Å². The second kappa shape index (κ2) is 12.2. The fourth-order valence-corrected chi connectivity index (χ4v) is 9.21. The first-order valence-electron chi connectivity index (χ1n) is 17.9. The van der Waals surface area contributed by atoms with Crippen molar-refractivity contribution in [3.8, 4) is 22.3 Å². The highest BCUT2D eigenvalue weighted by Crippen LogP contribution is 2.47. The van der Waals surface area contributed by atoms with E-state index in [0.29, 0.717) is 0 Å². The minimum Gasteiger partial charge on any atom is -0.310 e. The van der Waals surface area contributed by atoms with Gasteiger partial charge >= 0.3 is 0 Å². The molecule has 1 heterocycles. The largest absolute Gasteiger partial charge is 0.310 e. The number of rotatable bonds is 5. The fraction of sp³-hybridized carbons (Fsp3) is 0.0400. The zero-order valence-electron chi connectivity index (χ0n) is 29.1. The van der Waals surface area contributed by atoms with Crippen molar-refractivity contribution >= 4 is 80.9 Å². The predicted molar refractivity (Wildman–Crippen MR) is 227 cm³/mol. The van der Waals surface area contributed by atoms with Gasteiger partial charge < -0.3 is 4.90 Å². The average Bonchev–Trinajstić information content (AvgIpc) is 3.55. The second-order valence-electron chi connectivity index (χ2n) is 13.9. The standard InChI is InChI=1S/C50H35NS/c1-32-11-9-15-39(27-32)51(40-16-10-12-33(2)28-40)38-24-21-34(22-25-38)49-42-18-5-6-19-43(42)50(46-30-36-14-4-3-13-35(36)29-45(46)49)37-23-26-48-44(31-37)41-17-7-8-20-47(41)52-48/h3-31H,1-2H3. The molecule has 0 amide bonds. The van der Waals surface area contributed by atoms with Crippen molar-refractivity contribution in [2.24, 2.45) is 0 Å². The van der Waals surface area contributed by atoms with Crippen LogP contribution in [0.3, 0.4) is 0 Å². The van der Waals surface area contributed by atoms with E-state index in [9.17, 15) is 0 Å². The van der Waals surface area contributed by atoms with Crippen molar-refractivity contribution < 1.29 is 0 Å². The van der Waals surface area contributed by atoms with Gasteiger partial charge in [-0.3, -0.25) is 0 Å². The van der Waals surface area contributed by atoms with E-state index in [2.05, 4.69) is 195 Å². The van der Waals surface area contributed by atoms with Crippen LogP contribution in [-0.2, 0) is 0 Å². The maximum atomic E-state index is 2.42. The van der Waals surface area contributed by atoms with Crippen LogP contribution in [0.15, 0.2) is 176 Å². The molecule has 10 rings (SSSR count). The van der Waals surface area contributed by atoms with Gasteiger partial charge in [-0.1, -0.05) is 109 Å². The second-order valence-corrected chi connectivity index (χ2v) is 15.0. The lowest BCUT2D eigenvalue weighted by atomic mass is 9.84. The van der Waals surface area contributed by atoms with Gasteiger partial charge in [0.1, 0.15) is 0 Å². The van der Waals surface area contributed by atoms with Crippen LogP contribution in [-0.4, -0.2) is 0 Å². The first-order chi connectivity index (χ1) is 25.6. The molecule has 0 saturated heterocycles. The van der Waals surface area contributed by atoms with Gasteiger partial charge in [0.05, 0.1) is 0 Å².